The second-order valence-corrected chi connectivity index (χ2v) is 7.85. The van der Waals surface area contributed by atoms with E-state index in [9.17, 15) is 23.2 Å². The van der Waals surface area contributed by atoms with Gasteiger partial charge in [0.1, 0.15) is 16.8 Å². The van der Waals surface area contributed by atoms with Gasteiger partial charge < -0.3 is 5.11 Å². The number of fused-ring (bicyclic) bond motifs is 1. The standard InChI is InChI=1S/C14H14FNO3S/c15-12-3-1-2-11-10(12)4-5-14(11,17)13(8-16)6-7-20(18,19)9-13/h1-3,17H,4-7,9H2. The van der Waals surface area contributed by atoms with Crippen LogP contribution in [0.1, 0.15) is 24.0 Å². The lowest BCUT2D eigenvalue weighted by Crippen LogP contribution is -2.44. The van der Waals surface area contributed by atoms with Gasteiger partial charge in [-0.25, -0.2) is 12.8 Å². The van der Waals surface area contributed by atoms with Gasteiger partial charge in [-0.05, 0) is 36.5 Å². The summed E-state index contributed by atoms with van der Waals surface area (Å²) in [4.78, 5) is 0. The lowest BCUT2D eigenvalue weighted by Gasteiger charge is -2.37. The highest BCUT2D eigenvalue weighted by molar-refractivity contribution is 7.91. The van der Waals surface area contributed by atoms with Gasteiger partial charge >= 0.3 is 0 Å². The van der Waals surface area contributed by atoms with Crippen molar-refractivity contribution in [2.45, 2.75) is 24.9 Å². The molecule has 2 aliphatic rings. The van der Waals surface area contributed by atoms with Crippen LogP contribution in [-0.4, -0.2) is 25.0 Å². The van der Waals surface area contributed by atoms with Crippen LogP contribution in [0, 0.1) is 22.6 Å². The van der Waals surface area contributed by atoms with Crippen molar-refractivity contribution in [1.29, 1.82) is 5.26 Å². The van der Waals surface area contributed by atoms with E-state index in [2.05, 4.69) is 0 Å². The molecular weight excluding hydrogens is 281 g/mol. The van der Waals surface area contributed by atoms with E-state index in [1.165, 1.54) is 12.1 Å². The molecule has 6 heteroatoms. The smallest absolute Gasteiger partial charge is 0.152 e. The summed E-state index contributed by atoms with van der Waals surface area (Å²) in [7, 11) is -3.33. The van der Waals surface area contributed by atoms with Gasteiger partial charge in [0.15, 0.2) is 9.84 Å². The molecule has 20 heavy (non-hydrogen) atoms. The molecule has 106 valence electrons. The minimum atomic E-state index is -3.33. The summed E-state index contributed by atoms with van der Waals surface area (Å²) in [5.41, 5.74) is -2.18. The molecule has 0 aromatic heterocycles. The maximum absolute atomic E-state index is 13.8. The van der Waals surface area contributed by atoms with E-state index < -0.39 is 26.7 Å². The van der Waals surface area contributed by atoms with E-state index in [0.717, 1.165) is 0 Å². The van der Waals surface area contributed by atoms with Crippen LogP contribution in [0.5, 0.6) is 0 Å². The Hall–Kier alpha value is -1.45. The number of nitriles is 1. The van der Waals surface area contributed by atoms with E-state index in [1.807, 2.05) is 6.07 Å². The fourth-order valence-corrected chi connectivity index (χ4v) is 5.50. The molecule has 1 aliphatic heterocycles. The van der Waals surface area contributed by atoms with Crippen LogP contribution in [0.25, 0.3) is 0 Å². The van der Waals surface area contributed by atoms with E-state index in [1.54, 1.807) is 6.07 Å². The Bertz CT molecular complexity index is 724. The largest absolute Gasteiger partial charge is 0.383 e. The third-order valence-corrected chi connectivity index (χ3v) is 6.37. The molecule has 1 heterocycles. The third kappa shape index (κ3) is 1.63. The number of halogens is 1. The minimum Gasteiger partial charge on any atom is -0.383 e. The zero-order valence-electron chi connectivity index (χ0n) is 10.8. The Labute approximate surface area is 116 Å². The van der Waals surface area contributed by atoms with Gasteiger partial charge in [-0.15, -0.1) is 0 Å². The number of rotatable bonds is 1. The van der Waals surface area contributed by atoms with Crippen molar-refractivity contribution < 1.29 is 17.9 Å². The predicted molar refractivity (Wildman–Crippen MR) is 69.9 cm³/mol. The van der Waals surface area contributed by atoms with Gasteiger partial charge in [-0.3, -0.25) is 0 Å². The zero-order valence-corrected chi connectivity index (χ0v) is 11.6. The summed E-state index contributed by atoms with van der Waals surface area (Å²) in [6.45, 7) is 0. The molecule has 1 fully saturated rings. The number of aliphatic hydroxyl groups is 1. The van der Waals surface area contributed by atoms with Crippen molar-refractivity contribution in [2.24, 2.45) is 5.41 Å². The molecule has 0 radical (unpaired) electrons. The first-order valence-electron chi connectivity index (χ1n) is 6.46. The van der Waals surface area contributed by atoms with Crippen molar-refractivity contribution in [3.63, 3.8) is 0 Å². The van der Waals surface area contributed by atoms with Crippen molar-refractivity contribution in [2.75, 3.05) is 11.5 Å². The number of sulfone groups is 1. The first-order valence-corrected chi connectivity index (χ1v) is 8.28. The third-order valence-electron chi connectivity index (χ3n) is 4.61. The van der Waals surface area contributed by atoms with E-state index >= 15 is 0 Å². The van der Waals surface area contributed by atoms with Crippen LogP contribution >= 0.6 is 0 Å². The Morgan fingerprint density at radius 1 is 1.35 bits per heavy atom. The second kappa shape index (κ2) is 4.03. The Balaban J connectivity index is 2.17. The highest BCUT2D eigenvalue weighted by Crippen LogP contribution is 2.53. The highest BCUT2D eigenvalue weighted by atomic mass is 32.2. The molecule has 1 aromatic rings. The van der Waals surface area contributed by atoms with E-state index in [0.29, 0.717) is 17.5 Å². The zero-order chi connectivity index (χ0) is 14.6. The number of hydrogen-bond donors (Lipinski definition) is 1. The fraction of sp³-hybridized carbons (Fsp3) is 0.500. The van der Waals surface area contributed by atoms with Gasteiger partial charge in [-0.1, -0.05) is 12.1 Å². The molecule has 0 bridgehead atoms. The number of benzene rings is 1. The lowest BCUT2D eigenvalue weighted by molar-refractivity contribution is -0.0481. The molecule has 2 unspecified atom stereocenters. The summed E-state index contributed by atoms with van der Waals surface area (Å²) < 4.78 is 37.3. The summed E-state index contributed by atoms with van der Waals surface area (Å²) in [5.74, 6) is -0.872. The molecular formula is C14H14FNO3S. The maximum Gasteiger partial charge on any atom is 0.152 e. The van der Waals surface area contributed by atoms with Gasteiger partial charge in [0, 0.05) is 0 Å². The van der Waals surface area contributed by atoms with Crippen LogP contribution in [0.15, 0.2) is 18.2 Å². The topological polar surface area (TPSA) is 78.2 Å². The van der Waals surface area contributed by atoms with Gasteiger partial charge in [0.25, 0.3) is 0 Å². The molecule has 0 amide bonds. The molecule has 1 aliphatic carbocycles. The summed E-state index contributed by atoms with van der Waals surface area (Å²) in [5, 5.41) is 20.5. The molecule has 3 rings (SSSR count). The normalized spacial score (nSPS) is 34.6. The number of nitrogens with zero attached hydrogens (tertiary/aromatic N) is 1. The van der Waals surface area contributed by atoms with E-state index in [-0.39, 0.29) is 24.3 Å². The lowest BCUT2D eigenvalue weighted by atomic mass is 9.69. The summed E-state index contributed by atoms with van der Waals surface area (Å²) in [6.07, 6.45) is 0.604. The first-order chi connectivity index (χ1) is 9.34. The minimum absolute atomic E-state index is 0.0955. The Morgan fingerprint density at radius 2 is 2.10 bits per heavy atom. The number of hydrogen-bond acceptors (Lipinski definition) is 4. The van der Waals surface area contributed by atoms with Crippen LogP contribution in [0.4, 0.5) is 4.39 Å². The molecule has 1 saturated heterocycles. The summed E-state index contributed by atoms with van der Waals surface area (Å²) >= 11 is 0. The average molecular weight is 295 g/mol. The van der Waals surface area contributed by atoms with E-state index in [4.69, 9.17) is 0 Å². The molecule has 0 spiro atoms. The second-order valence-electron chi connectivity index (χ2n) is 5.66. The molecule has 2 atom stereocenters. The molecule has 1 N–H and O–H groups in total. The van der Waals surface area contributed by atoms with Gasteiger partial charge in [0.2, 0.25) is 0 Å². The first kappa shape index (κ1) is 13.5. The predicted octanol–water partition coefficient (Wildman–Crippen LogP) is 1.29. The van der Waals surface area contributed by atoms with Gasteiger partial charge in [0.05, 0.1) is 17.6 Å². The average Bonchev–Trinajstić information content (AvgIpc) is 2.91. The molecule has 1 aromatic carbocycles. The van der Waals surface area contributed by atoms with Crippen LogP contribution < -0.4 is 0 Å². The maximum atomic E-state index is 13.8. The fourth-order valence-electron chi connectivity index (χ4n) is 3.49. The van der Waals surface area contributed by atoms with Crippen molar-refractivity contribution in [3.8, 4) is 6.07 Å². The Kier molecular flexibility index (Phi) is 2.72. The van der Waals surface area contributed by atoms with Crippen molar-refractivity contribution in [3.05, 3.63) is 35.1 Å². The van der Waals surface area contributed by atoms with Gasteiger partial charge in [-0.2, -0.15) is 5.26 Å². The summed E-state index contributed by atoms with van der Waals surface area (Å²) in [6, 6.07) is 6.42. The van der Waals surface area contributed by atoms with Crippen molar-refractivity contribution >= 4 is 9.84 Å². The quantitative estimate of drug-likeness (QED) is 0.846. The highest BCUT2D eigenvalue weighted by Gasteiger charge is 2.60. The Morgan fingerprint density at radius 3 is 2.70 bits per heavy atom. The molecule has 0 saturated carbocycles. The van der Waals surface area contributed by atoms with Crippen LogP contribution in [0.2, 0.25) is 0 Å². The SMILES string of the molecule is N#CC1(C2(O)CCc3c(F)cccc32)CCS(=O)(=O)C1. The van der Waals surface area contributed by atoms with Crippen LogP contribution in [-0.2, 0) is 21.9 Å². The molecule has 4 nitrogen and oxygen atoms in total. The monoisotopic (exact) mass is 295 g/mol. The van der Waals surface area contributed by atoms with Crippen molar-refractivity contribution in [1.82, 2.24) is 0 Å². The van der Waals surface area contributed by atoms with Crippen LogP contribution in [0.3, 0.4) is 0 Å².